The Morgan fingerprint density at radius 1 is 1.08 bits per heavy atom. The Morgan fingerprint density at radius 3 is 2.32 bits per heavy atom. The van der Waals surface area contributed by atoms with Crippen LogP contribution in [0.2, 0.25) is 0 Å². The van der Waals surface area contributed by atoms with Crippen molar-refractivity contribution >= 4 is 16.1 Å². The largest absolute Gasteiger partial charge is 0.497 e. The highest BCUT2D eigenvalue weighted by Gasteiger charge is 2.17. The predicted molar refractivity (Wildman–Crippen MR) is 92.7 cm³/mol. The van der Waals surface area contributed by atoms with E-state index in [0.717, 1.165) is 11.1 Å². The Morgan fingerprint density at radius 2 is 1.72 bits per heavy atom. The smallest absolute Gasteiger partial charge is 0.422 e. The molecule has 0 radical (unpaired) electrons. The van der Waals surface area contributed by atoms with E-state index in [-0.39, 0.29) is 11.5 Å². The van der Waals surface area contributed by atoms with E-state index in [9.17, 15) is 13.2 Å². The second-order valence-electron chi connectivity index (χ2n) is 5.02. The van der Waals surface area contributed by atoms with Crippen LogP contribution in [0.4, 0.5) is 4.79 Å². The van der Waals surface area contributed by atoms with Crippen LogP contribution in [0.3, 0.4) is 0 Å². The number of ether oxygens (including phenoxy) is 2. The molecule has 7 heteroatoms. The van der Waals surface area contributed by atoms with Gasteiger partial charge in [-0.3, -0.25) is 0 Å². The van der Waals surface area contributed by atoms with Crippen molar-refractivity contribution in [1.29, 1.82) is 0 Å². The molecule has 2 rings (SSSR count). The fourth-order valence-corrected chi connectivity index (χ4v) is 2.72. The number of aryl methyl sites for hydroxylation is 1. The molecule has 0 aromatic heterocycles. The van der Waals surface area contributed by atoms with E-state index in [1.165, 1.54) is 12.1 Å². The molecule has 0 bridgehead atoms. The molecule has 0 spiro atoms. The molecule has 0 unspecified atom stereocenters. The summed E-state index contributed by atoms with van der Waals surface area (Å²) in [4.78, 5) is 11.6. The van der Waals surface area contributed by atoms with E-state index in [0.29, 0.717) is 5.75 Å². The van der Waals surface area contributed by atoms with Gasteiger partial charge in [0.15, 0.2) is 6.61 Å². The molecular weight excluding hydrogens is 342 g/mol. The van der Waals surface area contributed by atoms with E-state index < -0.39 is 16.1 Å². The molecule has 0 aliphatic rings. The van der Waals surface area contributed by atoms with Gasteiger partial charge in [0.05, 0.1) is 12.0 Å². The minimum Gasteiger partial charge on any atom is -0.497 e. The first-order valence-electron chi connectivity index (χ1n) is 7.30. The molecule has 1 amide bonds. The quantitative estimate of drug-likeness (QED) is 0.848. The summed E-state index contributed by atoms with van der Waals surface area (Å²) in [5, 5.41) is 0. The topological polar surface area (TPSA) is 81.7 Å². The van der Waals surface area contributed by atoms with Crippen molar-refractivity contribution in [3.63, 3.8) is 0 Å². The maximum Gasteiger partial charge on any atom is 0.422 e. The number of rotatable bonds is 4. The fraction of sp³-hybridized carbons (Fsp3) is 0.167. The fourth-order valence-electron chi connectivity index (χ4n) is 1.83. The van der Waals surface area contributed by atoms with Gasteiger partial charge in [-0.15, -0.1) is 0 Å². The van der Waals surface area contributed by atoms with Crippen molar-refractivity contribution < 1.29 is 22.7 Å². The van der Waals surface area contributed by atoms with Gasteiger partial charge < -0.3 is 9.47 Å². The van der Waals surface area contributed by atoms with Gasteiger partial charge in [0.25, 0.3) is 10.0 Å². The average Bonchev–Trinajstić information content (AvgIpc) is 2.59. The van der Waals surface area contributed by atoms with E-state index in [2.05, 4.69) is 11.8 Å². The van der Waals surface area contributed by atoms with E-state index in [1.807, 2.05) is 11.6 Å². The van der Waals surface area contributed by atoms with Crippen molar-refractivity contribution in [3.8, 4) is 17.6 Å². The monoisotopic (exact) mass is 359 g/mol. The summed E-state index contributed by atoms with van der Waals surface area (Å²) in [7, 11) is -2.39. The third-order valence-electron chi connectivity index (χ3n) is 3.15. The highest BCUT2D eigenvalue weighted by Crippen LogP contribution is 2.11. The number of sulfonamides is 1. The summed E-state index contributed by atoms with van der Waals surface area (Å²) in [5.41, 5.74) is 1.63. The van der Waals surface area contributed by atoms with Crippen LogP contribution in [0, 0.1) is 18.8 Å². The van der Waals surface area contributed by atoms with Crippen molar-refractivity contribution in [2.24, 2.45) is 0 Å². The van der Waals surface area contributed by atoms with Crippen molar-refractivity contribution in [1.82, 2.24) is 4.72 Å². The molecule has 6 nitrogen and oxygen atoms in total. The lowest BCUT2D eigenvalue weighted by molar-refractivity contribution is 0.166. The number of hydrogen-bond donors (Lipinski definition) is 1. The van der Waals surface area contributed by atoms with Gasteiger partial charge in [-0.25, -0.2) is 17.9 Å². The van der Waals surface area contributed by atoms with Crippen LogP contribution < -0.4 is 9.46 Å². The molecule has 25 heavy (non-hydrogen) atoms. The number of carbonyl (C=O) groups excluding carboxylic acids is 1. The molecule has 130 valence electrons. The van der Waals surface area contributed by atoms with Crippen molar-refractivity contribution in [3.05, 3.63) is 59.7 Å². The predicted octanol–water partition coefficient (Wildman–Crippen LogP) is 2.47. The van der Waals surface area contributed by atoms with Crippen LogP contribution in [-0.2, 0) is 14.8 Å². The van der Waals surface area contributed by atoms with Gasteiger partial charge in [0.2, 0.25) is 0 Å². The van der Waals surface area contributed by atoms with Crippen LogP contribution in [0.25, 0.3) is 0 Å². The summed E-state index contributed by atoms with van der Waals surface area (Å²) in [6.07, 6.45) is -1.08. The minimum atomic E-state index is -3.96. The number of hydrogen-bond acceptors (Lipinski definition) is 5. The Bertz CT molecular complexity index is 891. The van der Waals surface area contributed by atoms with Gasteiger partial charge in [0.1, 0.15) is 5.75 Å². The number of nitrogens with one attached hydrogen (secondary N) is 1. The minimum absolute atomic E-state index is 0.0145. The maximum absolute atomic E-state index is 12.0. The molecule has 0 fully saturated rings. The van der Waals surface area contributed by atoms with Crippen LogP contribution in [0.1, 0.15) is 11.1 Å². The summed E-state index contributed by atoms with van der Waals surface area (Å²) in [5.74, 6) is 6.14. The first-order valence-corrected chi connectivity index (χ1v) is 8.78. The Labute approximate surface area is 146 Å². The van der Waals surface area contributed by atoms with Gasteiger partial charge in [-0.05, 0) is 43.3 Å². The molecule has 0 saturated carbocycles. The zero-order valence-corrected chi connectivity index (χ0v) is 14.6. The molecule has 2 aromatic carbocycles. The van der Waals surface area contributed by atoms with E-state index in [1.54, 1.807) is 43.5 Å². The molecule has 0 aliphatic carbocycles. The molecule has 0 heterocycles. The molecule has 0 aliphatic heterocycles. The molecule has 0 atom stereocenters. The van der Waals surface area contributed by atoms with Crippen LogP contribution >= 0.6 is 0 Å². The van der Waals surface area contributed by atoms with Gasteiger partial charge >= 0.3 is 6.09 Å². The number of methoxy groups -OCH3 is 1. The van der Waals surface area contributed by atoms with Gasteiger partial charge in [0, 0.05) is 5.56 Å². The molecule has 1 N–H and O–H groups in total. The Hall–Kier alpha value is -2.98. The Kier molecular flexibility index (Phi) is 6.03. The van der Waals surface area contributed by atoms with Crippen LogP contribution in [0.15, 0.2) is 53.4 Å². The molecular formula is C18H17NO5S. The van der Waals surface area contributed by atoms with Crippen LogP contribution in [0.5, 0.6) is 5.75 Å². The zero-order chi connectivity index (χ0) is 18.3. The lowest BCUT2D eigenvalue weighted by atomic mass is 10.2. The van der Waals surface area contributed by atoms with Crippen molar-refractivity contribution in [2.75, 3.05) is 13.7 Å². The SMILES string of the molecule is COc1ccc(C#CCOC(=O)NS(=O)(=O)c2ccc(C)cc2)cc1. The highest BCUT2D eigenvalue weighted by molar-refractivity contribution is 7.90. The van der Waals surface area contributed by atoms with E-state index in [4.69, 9.17) is 9.47 Å². The maximum atomic E-state index is 12.0. The number of carbonyl (C=O) groups is 1. The third kappa shape index (κ3) is 5.55. The summed E-state index contributed by atoms with van der Waals surface area (Å²) in [6, 6.07) is 13.1. The van der Waals surface area contributed by atoms with Gasteiger partial charge in [-0.2, -0.15) is 0 Å². The standard InChI is InChI=1S/C18H17NO5S/c1-14-5-11-17(12-6-14)25(21,22)19-18(20)24-13-3-4-15-7-9-16(23-2)10-8-15/h5-12H,13H2,1-2H3,(H,19,20). The Balaban J connectivity index is 1.88. The lowest BCUT2D eigenvalue weighted by Crippen LogP contribution is -2.31. The van der Waals surface area contributed by atoms with Crippen molar-refractivity contribution in [2.45, 2.75) is 11.8 Å². The van der Waals surface area contributed by atoms with E-state index >= 15 is 0 Å². The first kappa shape index (κ1) is 18.4. The summed E-state index contributed by atoms with van der Waals surface area (Å²) >= 11 is 0. The molecule has 0 saturated heterocycles. The number of amides is 1. The highest BCUT2D eigenvalue weighted by atomic mass is 32.2. The molecule has 2 aromatic rings. The summed E-state index contributed by atoms with van der Waals surface area (Å²) < 4.78 is 35.6. The average molecular weight is 359 g/mol. The number of benzene rings is 2. The second kappa shape index (κ2) is 8.22. The summed E-state index contributed by atoms with van der Waals surface area (Å²) in [6.45, 7) is 1.60. The third-order valence-corrected chi connectivity index (χ3v) is 4.48. The zero-order valence-electron chi connectivity index (χ0n) is 13.8. The van der Waals surface area contributed by atoms with Gasteiger partial charge in [-0.1, -0.05) is 29.5 Å². The normalized spacial score (nSPS) is 10.3. The first-order chi connectivity index (χ1) is 11.9. The lowest BCUT2D eigenvalue weighted by Gasteiger charge is -2.06. The second-order valence-corrected chi connectivity index (χ2v) is 6.71. The van der Waals surface area contributed by atoms with Crippen LogP contribution in [-0.4, -0.2) is 28.2 Å².